The SMILES string of the molecule is O=C1OC(c2cc(C(F)(F)F)cc(C(F)(F)F)c2)C2CCCCN12. The van der Waals surface area contributed by atoms with Crippen molar-refractivity contribution >= 4 is 6.09 Å². The van der Waals surface area contributed by atoms with Crippen LogP contribution in [0, 0.1) is 0 Å². The van der Waals surface area contributed by atoms with E-state index in [-0.39, 0.29) is 11.6 Å². The van der Waals surface area contributed by atoms with E-state index in [0.29, 0.717) is 25.1 Å². The summed E-state index contributed by atoms with van der Waals surface area (Å²) in [5.74, 6) is 0. The lowest BCUT2D eigenvalue weighted by Crippen LogP contribution is -2.38. The first-order valence-corrected chi connectivity index (χ1v) is 7.34. The summed E-state index contributed by atoms with van der Waals surface area (Å²) in [5.41, 5.74) is -3.09. The van der Waals surface area contributed by atoms with Gasteiger partial charge in [0.1, 0.15) is 6.10 Å². The number of benzene rings is 1. The van der Waals surface area contributed by atoms with Crippen molar-refractivity contribution in [2.24, 2.45) is 0 Å². The van der Waals surface area contributed by atoms with Crippen molar-refractivity contribution in [1.82, 2.24) is 4.90 Å². The van der Waals surface area contributed by atoms with Crippen LogP contribution >= 0.6 is 0 Å². The van der Waals surface area contributed by atoms with Gasteiger partial charge in [-0.05, 0) is 43.0 Å². The zero-order valence-electron chi connectivity index (χ0n) is 12.2. The molecule has 2 aliphatic rings. The van der Waals surface area contributed by atoms with E-state index >= 15 is 0 Å². The molecule has 2 unspecified atom stereocenters. The lowest BCUT2D eigenvalue weighted by atomic mass is 9.92. The molecule has 1 aromatic rings. The molecule has 2 aliphatic heterocycles. The van der Waals surface area contributed by atoms with Crippen molar-refractivity contribution in [2.75, 3.05) is 6.54 Å². The van der Waals surface area contributed by atoms with Crippen LogP contribution in [-0.4, -0.2) is 23.6 Å². The van der Waals surface area contributed by atoms with Crippen LogP contribution < -0.4 is 0 Å². The Morgan fingerprint density at radius 2 is 1.54 bits per heavy atom. The molecule has 0 N–H and O–H groups in total. The minimum atomic E-state index is -4.93. The van der Waals surface area contributed by atoms with Crippen LogP contribution in [0.4, 0.5) is 31.1 Å². The van der Waals surface area contributed by atoms with E-state index in [1.54, 1.807) is 0 Å². The number of ether oxygens (including phenoxy) is 1. The number of hydrogen-bond acceptors (Lipinski definition) is 2. The molecule has 2 atom stereocenters. The van der Waals surface area contributed by atoms with E-state index in [1.165, 1.54) is 4.90 Å². The molecular formula is C15H13F6NO2. The number of rotatable bonds is 1. The number of alkyl halides is 6. The maximum Gasteiger partial charge on any atom is 0.416 e. The highest BCUT2D eigenvalue weighted by atomic mass is 19.4. The number of halogens is 6. The Bertz CT molecular complexity index is 622. The Balaban J connectivity index is 2.05. The number of carbonyl (C=O) groups excluding carboxylic acids is 1. The van der Waals surface area contributed by atoms with E-state index < -0.39 is 41.7 Å². The van der Waals surface area contributed by atoms with Crippen molar-refractivity contribution in [3.63, 3.8) is 0 Å². The van der Waals surface area contributed by atoms with Gasteiger partial charge in [-0.15, -0.1) is 0 Å². The Hall–Kier alpha value is -1.93. The summed E-state index contributed by atoms with van der Waals surface area (Å²) in [5, 5.41) is 0. The summed E-state index contributed by atoms with van der Waals surface area (Å²) in [6, 6.07) is 0.797. The fourth-order valence-electron chi connectivity index (χ4n) is 3.19. The van der Waals surface area contributed by atoms with Gasteiger partial charge in [-0.2, -0.15) is 26.3 Å². The largest absolute Gasteiger partial charge is 0.439 e. The summed E-state index contributed by atoms with van der Waals surface area (Å²) in [7, 11) is 0. The third kappa shape index (κ3) is 3.03. The maximum atomic E-state index is 12.9. The Morgan fingerprint density at radius 1 is 0.958 bits per heavy atom. The molecule has 132 valence electrons. The van der Waals surface area contributed by atoms with Gasteiger partial charge in [0.2, 0.25) is 0 Å². The highest BCUT2D eigenvalue weighted by Crippen LogP contribution is 2.42. The smallest absolute Gasteiger partial charge is 0.416 e. The first kappa shape index (κ1) is 16.9. The molecule has 3 nitrogen and oxygen atoms in total. The molecule has 24 heavy (non-hydrogen) atoms. The molecule has 0 aliphatic carbocycles. The minimum absolute atomic E-state index is 0.0684. The highest BCUT2D eigenvalue weighted by molar-refractivity contribution is 5.71. The molecule has 0 spiro atoms. The highest BCUT2D eigenvalue weighted by Gasteiger charge is 2.45. The molecule has 0 radical (unpaired) electrons. The van der Waals surface area contributed by atoms with E-state index in [2.05, 4.69) is 0 Å². The number of fused-ring (bicyclic) bond motifs is 1. The number of piperidine rings is 1. The minimum Gasteiger partial charge on any atom is -0.439 e. The predicted octanol–water partition coefficient (Wildman–Crippen LogP) is 4.77. The van der Waals surface area contributed by atoms with Crippen molar-refractivity contribution in [3.05, 3.63) is 34.9 Å². The number of amides is 1. The van der Waals surface area contributed by atoms with E-state index in [0.717, 1.165) is 12.8 Å². The van der Waals surface area contributed by atoms with Crippen LogP contribution in [0.2, 0.25) is 0 Å². The predicted molar refractivity (Wildman–Crippen MR) is 70.0 cm³/mol. The van der Waals surface area contributed by atoms with Crippen LogP contribution in [0.1, 0.15) is 42.1 Å². The molecule has 2 fully saturated rings. The second-order valence-corrected chi connectivity index (χ2v) is 5.90. The summed E-state index contributed by atoms with van der Waals surface area (Å²) >= 11 is 0. The molecule has 2 saturated heterocycles. The standard InChI is InChI=1S/C15H13F6NO2/c16-14(17,18)9-5-8(6-10(7-9)15(19,20)21)12-11-3-1-2-4-22(11)13(23)24-12/h5-7,11-12H,1-4H2. The van der Waals surface area contributed by atoms with Gasteiger partial charge in [-0.25, -0.2) is 4.79 Å². The van der Waals surface area contributed by atoms with Gasteiger partial charge in [-0.3, -0.25) is 0 Å². The maximum absolute atomic E-state index is 12.9. The fraction of sp³-hybridized carbons (Fsp3) is 0.533. The lowest BCUT2D eigenvalue weighted by molar-refractivity contribution is -0.143. The van der Waals surface area contributed by atoms with Gasteiger partial charge in [0, 0.05) is 6.54 Å². The first-order valence-electron chi connectivity index (χ1n) is 7.34. The molecule has 0 bridgehead atoms. The van der Waals surface area contributed by atoms with Crippen molar-refractivity contribution < 1.29 is 35.9 Å². The number of cyclic esters (lactones) is 1. The second-order valence-electron chi connectivity index (χ2n) is 5.90. The molecule has 9 heteroatoms. The van der Waals surface area contributed by atoms with Crippen LogP contribution in [0.3, 0.4) is 0 Å². The van der Waals surface area contributed by atoms with Gasteiger partial charge < -0.3 is 9.64 Å². The summed E-state index contributed by atoms with van der Waals surface area (Å²) in [6.07, 6.45) is -9.73. The molecule has 1 amide bonds. The average Bonchev–Trinajstić information content (AvgIpc) is 2.83. The van der Waals surface area contributed by atoms with E-state index in [9.17, 15) is 31.1 Å². The van der Waals surface area contributed by atoms with Gasteiger partial charge in [-0.1, -0.05) is 0 Å². The van der Waals surface area contributed by atoms with Crippen LogP contribution in [0.5, 0.6) is 0 Å². The third-order valence-corrected chi connectivity index (χ3v) is 4.30. The summed E-state index contributed by atoms with van der Waals surface area (Å²) in [4.78, 5) is 13.2. The number of carbonyl (C=O) groups is 1. The quantitative estimate of drug-likeness (QED) is 0.681. The molecule has 3 rings (SSSR count). The Kier molecular flexibility index (Phi) is 3.92. The summed E-state index contributed by atoms with van der Waals surface area (Å²) < 4.78 is 82.8. The first-order chi connectivity index (χ1) is 11.1. The zero-order valence-corrected chi connectivity index (χ0v) is 12.2. The summed E-state index contributed by atoms with van der Waals surface area (Å²) in [6.45, 7) is 0.394. The monoisotopic (exact) mass is 353 g/mol. The van der Waals surface area contributed by atoms with Crippen LogP contribution in [0.15, 0.2) is 18.2 Å². The van der Waals surface area contributed by atoms with E-state index in [1.807, 2.05) is 0 Å². The molecule has 0 saturated carbocycles. The molecule has 0 aromatic heterocycles. The van der Waals surface area contributed by atoms with E-state index in [4.69, 9.17) is 4.74 Å². The second kappa shape index (κ2) is 5.56. The zero-order chi connectivity index (χ0) is 17.7. The van der Waals surface area contributed by atoms with Gasteiger partial charge >= 0.3 is 18.4 Å². The van der Waals surface area contributed by atoms with Crippen molar-refractivity contribution in [2.45, 2.75) is 43.8 Å². The topological polar surface area (TPSA) is 29.5 Å². The van der Waals surface area contributed by atoms with Crippen molar-refractivity contribution in [3.8, 4) is 0 Å². The number of hydrogen-bond donors (Lipinski definition) is 0. The van der Waals surface area contributed by atoms with Gasteiger partial charge in [0.05, 0.1) is 17.2 Å². The fourth-order valence-corrected chi connectivity index (χ4v) is 3.19. The Morgan fingerprint density at radius 3 is 2.08 bits per heavy atom. The third-order valence-electron chi connectivity index (χ3n) is 4.30. The van der Waals surface area contributed by atoms with Crippen LogP contribution in [-0.2, 0) is 17.1 Å². The van der Waals surface area contributed by atoms with Crippen molar-refractivity contribution in [1.29, 1.82) is 0 Å². The van der Waals surface area contributed by atoms with Crippen LogP contribution in [0.25, 0.3) is 0 Å². The molecule has 2 heterocycles. The average molecular weight is 353 g/mol. The number of nitrogens with zero attached hydrogens (tertiary/aromatic N) is 1. The van der Waals surface area contributed by atoms with Gasteiger partial charge in [0.15, 0.2) is 0 Å². The molecular weight excluding hydrogens is 340 g/mol. The lowest BCUT2D eigenvalue weighted by Gasteiger charge is -2.29. The molecule has 1 aromatic carbocycles. The van der Waals surface area contributed by atoms with Gasteiger partial charge in [0.25, 0.3) is 0 Å². The normalized spacial score (nSPS) is 24.8. The Labute approximate surface area is 133 Å².